The monoisotopic (exact) mass is 304 g/mol. The Bertz CT molecular complexity index is 592. The highest BCUT2D eigenvalue weighted by Gasteiger charge is 2.38. The molecule has 0 spiro atoms. The molecule has 1 unspecified atom stereocenters. The predicted molar refractivity (Wildman–Crippen MR) is 80.2 cm³/mol. The smallest absolute Gasteiger partial charge is 0.231 e. The molecule has 0 saturated carbocycles. The lowest BCUT2D eigenvalue weighted by Crippen LogP contribution is -2.56. The van der Waals surface area contributed by atoms with Crippen LogP contribution in [0.4, 0.5) is 5.69 Å². The van der Waals surface area contributed by atoms with Crippen LogP contribution in [0.2, 0.25) is 0 Å². The van der Waals surface area contributed by atoms with Crippen LogP contribution in [0.3, 0.4) is 0 Å². The number of carbonyl (C=O) groups excluding carboxylic acids is 1. The Morgan fingerprint density at radius 1 is 1.27 bits per heavy atom. The van der Waals surface area contributed by atoms with E-state index in [2.05, 4.69) is 10.2 Å². The molecule has 3 heterocycles. The van der Waals surface area contributed by atoms with E-state index in [4.69, 9.17) is 14.2 Å². The van der Waals surface area contributed by atoms with Crippen LogP contribution in [-0.2, 0) is 9.53 Å². The van der Waals surface area contributed by atoms with Crippen LogP contribution in [-0.4, -0.2) is 49.9 Å². The molecule has 1 aromatic rings. The highest BCUT2D eigenvalue weighted by molar-refractivity contribution is 5.94. The number of rotatable bonds is 3. The lowest BCUT2D eigenvalue weighted by Gasteiger charge is -2.41. The summed E-state index contributed by atoms with van der Waals surface area (Å²) in [6.45, 7) is 5.49. The van der Waals surface area contributed by atoms with Gasteiger partial charge in [0.15, 0.2) is 11.5 Å². The van der Waals surface area contributed by atoms with Crippen molar-refractivity contribution in [1.82, 2.24) is 4.90 Å². The molecule has 4 rings (SSSR count). The maximum Gasteiger partial charge on any atom is 0.231 e. The molecule has 6 heteroatoms. The molecule has 0 bridgehead atoms. The fraction of sp³-hybridized carbons (Fsp3) is 0.562. The largest absolute Gasteiger partial charge is 0.454 e. The number of anilines is 1. The standard InChI is InChI=1S/C16H20N2O4/c1-10-4-14-15(22-9-21-14)5-13(10)17-16(19)11-6-18(7-11)12-2-3-20-8-12/h4-5,11-12H,2-3,6-9H2,1H3,(H,17,19). The molecular formula is C16H20N2O4. The predicted octanol–water partition coefficient (Wildman–Crippen LogP) is 1.38. The number of carbonyl (C=O) groups is 1. The van der Waals surface area contributed by atoms with Gasteiger partial charge >= 0.3 is 0 Å². The summed E-state index contributed by atoms with van der Waals surface area (Å²) in [5, 5.41) is 3.02. The minimum absolute atomic E-state index is 0.0606. The van der Waals surface area contributed by atoms with Crippen molar-refractivity contribution in [2.75, 3.05) is 38.4 Å². The van der Waals surface area contributed by atoms with Gasteiger partial charge in [0.1, 0.15) is 0 Å². The van der Waals surface area contributed by atoms with Crippen LogP contribution in [0.15, 0.2) is 12.1 Å². The number of fused-ring (bicyclic) bond motifs is 1. The number of nitrogens with zero attached hydrogens (tertiary/aromatic N) is 1. The average molecular weight is 304 g/mol. The van der Waals surface area contributed by atoms with Gasteiger partial charge in [-0.25, -0.2) is 0 Å². The Morgan fingerprint density at radius 2 is 2.05 bits per heavy atom. The molecule has 0 aromatic heterocycles. The number of hydrogen-bond acceptors (Lipinski definition) is 5. The summed E-state index contributed by atoms with van der Waals surface area (Å²) >= 11 is 0. The molecule has 6 nitrogen and oxygen atoms in total. The molecule has 1 aromatic carbocycles. The van der Waals surface area contributed by atoms with Crippen LogP contribution in [0, 0.1) is 12.8 Å². The topological polar surface area (TPSA) is 60.0 Å². The molecule has 2 fully saturated rings. The summed E-state index contributed by atoms with van der Waals surface area (Å²) < 4.78 is 16.1. The van der Waals surface area contributed by atoms with Crippen LogP contribution in [0.5, 0.6) is 11.5 Å². The van der Waals surface area contributed by atoms with Gasteiger partial charge in [0.2, 0.25) is 12.7 Å². The number of nitrogens with one attached hydrogen (secondary N) is 1. The molecule has 1 N–H and O–H groups in total. The van der Waals surface area contributed by atoms with Crippen molar-refractivity contribution in [1.29, 1.82) is 0 Å². The van der Waals surface area contributed by atoms with Crippen LogP contribution in [0.25, 0.3) is 0 Å². The first-order valence-corrected chi connectivity index (χ1v) is 7.73. The van der Waals surface area contributed by atoms with E-state index < -0.39 is 0 Å². The number of ether oxygens (including phenoxy) is 3. The Morgan fingerprint density at radius 3 is 2.77 bits per heavy atom. The van der Waals surface area contributed by atoms with Crippen molar-refractivity contribution in [3.8, 4) is 11.5 Å². The molecule has 0 radical (unpaired) electrons. The normalized spacial score (nSPS) is 24.3. The summed E-state index contributed by atoms with van der Waals surface area (Å²) in [6, 6.07) is 4.24. The number of likely N-dealkylation sites (tertiary alicyclic amines) is 1. The van der Waals surface area contributed by atoms with Gasteiger partial charge in [0.25, 0.3) is 0 Å². The van der Waals surface area contributed by atoms with Gasteiger partial charge in [0.05, 0.1) is 12.5 Å². The molecule has 1 amide bonds. The summed E-state index contributed by atoms with van der Waals surface area (Å²) in [5.74, 6) is 1.58. The maximum atomic E-state index is 12.4. The number of hydrogen-bond donors (Lipinski definition) is 1. The fourth-order valence-electron chi connectivity index (χ4n) is 3.20. The van der Waals surface area contributed by atoms with E-state index in [0.717, 1.165) is 49.7 Å². The van der Waals surface area contributed by atoms with Crippen LogP contribution >= 0.6 is 0 Å². The van der Waals surface area contributed by atoms with Crippen molar-refractivity contribution in [2.24, 2.45) is 5.92 Å². The van der Waals surface area contributed by atoms with E-state index in [1.165, 1.54) is 0 Å². The molecule has 1 atom stereocenters. The van der Waals surface area contributed by atoms with Crippen molar-refractivity contribution >= 4 is 11.6 Å². The highest BCUT2D eigenvalue weighted by atomic mass is 16.7. The van der Waals surface area contributed by atoms with Crippen molar-refractivity contribution in [3.05, 3.63) is 17.7 Å². The molecule has 0 aliphatic carbocycles. The maximum absolute atomic E-state index is 12.4. The summed E-state index contributed by atoms with van der Waals surface area (Å²) in [5.41, 5.74) is 1.79. The lowest BCUT2D eigenvalue weighted by atomic mass is 9.96. The van der Waals surface area contributed by atoms with E-state index in [-0.39, 0.29) is 18.6 Å². The van der Waals surface area contributed by atoms with E-state index in [1.807, 2.05) is 19.1 Å². The number of aryl methyl sites for hydroxylation is 1. The first-order valence-electron chi connectivity index (χ1n) is 7.73. The van der Waals surface area contributed by atoms with Crippen LogP contribution in [0.1, 0.15) is 12.0 Å². The zero-order valence-electron chi connectivity index (χ0n) is 12.6. The van der Waals surface area contributed by atoms with Crippen molar-refractivity contribution in [2.45, 2.75) is 19.4 Å². The third-order valence-corrected chi connectivity index (χ3v) is 4.68. The first-order chi connectivity index (χ1) is 10.7. The molecule has 3 aliphatic rings. The van der Waals surface area contributed by atoms with E-state index in [1.54, 1.807) is 0 Å². The van der Waals surface area contributed by atoms with Gasteiger partial charge in [-0.2, -0.15) is 0 Å². The zero-order valence-corrected chi connectivity index (χ0v) is 12.6. The van der Waals surface area contributed by atoms with Crippen molar-refractivity contribution < 1.29 is 19.0 Å². The molecule has 22 heavy (non-hydrogen) atoms. The Labute approximate surface area is 129 Å². The SMILES string of the molecule is Cc1cc2c(cc1NC(=O)C1CN(C3CCOC3)C1)OCO2. The third-order valence-electron chi connectivity index (χ3n) is 4.68. The lowest BCUT2D eigenvalue weighted by molar-refractivity contribution is -0.126. The minimum atomic E-state index is 0.0606. The molecule has 118 valence electrons. The number of benzene rings is 1. The molecule has 3 aliphatic heterocycles. The van der Waals surface area contributed by atoms with Gasteiger partial charge in [0, 0.05) is 37.5 Å². The van der Waals surface area contributed by atoms with Gasteiger partial charge in [-0.1, -0.05) is 0 Å². The first kappa shape index (κ1) is 13.8. The van der Waals surface area contributed by atoms with Gasteiger partial charge in [-0.3, -0.25) is 9.69 Å². The van der Waals surface area contributed by atoms with E-state index in [9.17, 15) is 4.79 Å². The number of amides is 1. The summed E-state index contributed by atoms with van der Waals surface area (Å²) in [4.78, 5) is 14.7. The van der Waals surface area contributed by atoms with E-state index in [0.29, 0.717) is 11.8 Å². The van der Waals surface area contributed by atoms with Gasteiger partial charge < -0.3 is 19.5 Å². The quantitative estimate of drug-likeness (QED) is 0.914. The summed E-state index contributed by atoms with van der Waals surface area (Å²) in [6.07, 6.45) is 1.08. The zero-order chi connectivity index (χ0) is 15.1. The fourth-order valence-corrected chi connectivity index (χ4v) is 3.20. The van der Waals surface area contributed by atoms with E-state index >= 15 is 0 Å². The summed E-state index contributed by atoms with van der Waals surface area (Å²) in [7, 11) is 0. The Hall–Kier alpha value is -1.79. The second kappa shape index (κ2) is 5.44. The third kappa shape index (κ3) is 2.42. The molecular weight excluding hydrogens is 284 g/mol. The average Bonchev–Trinajstić information content (AvgIpc) is 3.08. The Balaban J connectivity index is 1.37. The second-order valence-electron chi connectivity index (χ2n) is 6.18. The molecule has 2 saturated heterocycles. The minimum Gasteiger partial charge on any atom is -0.454 e. The van der Waals surface area contributed by atoms with Gasteiger partial charge in [-0.15, -0.1) is 0 Å². The van der Waals surface area contributed by atoms with Gasteiger partial charge in [-0.05, 0) is 25.0 Å². The Kier molecular flexibility index (Phi) is 3.43. The second-order valence-corrected chi connectivity index (χ2v) is 6.18. The van der Waals surface area contributed by atoms with Crippen molar-refractivity contribution in [3.63, 3.8) is 0 Å². The highest BCUT2D eigenvalue weighted by Crippen LogP contribution is 2.37. The van der Waals surface area contributed by atoms with Crippen LogP contribution < -0.4 is 14.8 Å².